The van der Waals surface area contributed by atoms with Gasteiger partial charge < -0.3 is 20.1 Å². The summed E-state index contributed by atoms with van der Waals surface area (Å²) < 4.78 is 11.4. The largest absolute Gasteiger partial charge is 0.491 e. The van der Waals surface area contributed by atoms with Crippen molar-refractivity contribution in [1.82, 2.24) is 10.6 Å². The third-order valence-electron chi connectivity index (χ3n) is 3.86. The maximum absolute atomic E-state index is 5.79. The summed E-state index contributed by atoms with van der Waals surface area (Å²) in [5.74, 6) is 2.61. The predicted octanol–water partition coefficient (Wildman–Crippen LogP) is 2.75. The van der Waals surface area contributed by atoms with Gasteiger partial charge in [-0.05, 0) is 50.7 Å². The number of nitrogens with zero attached hydrogens (tertiary/aromatic N) is 1. The number of para-hydroxylation sites is 1. The van der Waals surface area contributed by atoms with Gasteiger partial charge in [0, 0.05) is 26.3 Å². The van der Waals surface area contributed by atoms with E-state index in [0.717, 1.165) is 62.5 Å². The predicted molar refractivity (Wildman–Crippen MR) is 98.8 cm³/mol. The molecule has 0 aromatic heterocycles. The highest BCUT2D eigenvalue weighted by Gasteiger charge is 2.20. The minimum Gasteiger partial charge on any atom is -0.491 e. The first kappa shape index (κ1) is 18.6. The van der Waals surface area contributed by atoms with Crippen molar-refractivity contribution >= 4 is 5.96 Å². The summed E-state index contributed by atoms with van der Waals surface area (Å²) in [5.41, 5.74) is 1.16. The smallest absolute Gasteiger partial charge is 0.191 e. The second-order valence-electron chi connectivity index (χ2n) is 6.17. The van der Waals surface area contributed by atoms with Gasteiger partial charge in [0.15, 0.2) is 5.96 Å². The van der Waals surface area contributed by atoms with Crippen molar-refractivity contribution in [2.24, 2.45) is 10.9 Å². The van der Waals surface area contributed by atoms with Crippen LogP contribution in [0.5, 0.6) is 5.75 Å². The van der Waals surface area contributed by atoms with Gasteiger partial charge >= 0.3 is 0 Å². The lowest BCUT2D eigenvalue weighted by molar-refractivity contribution is 0.123. The third kappa shape index (κ3) is 7.68. The van der Waals surface area contributed by atoms with Gasteiger partial charge in [-0.3, -0.25) is 4.99 Å². The molecular formula is C19H31N3O2. The van der Waals surface area contributed by atoms with E-state index in [9.17, 15) is 0 Å². The number of guanidine groups is 1. The van der Waals surface area contributed by atoms with Gasteiger partial charge in [0.25, 0.3) is 0 Å². The molecule has 0 aliphatic heterocycles. The van der Waals surface area contributed by atoms with Gasteiger partial charge in [0.05, 0.1) is 6.54 Å². The summed E-state index contributed by atoms with van der Waals surface area (Å²) in [6.45, 7) is 8.81. The van der Waals surface area contributed by atoms with E-state index in [1.807, 2.05) is 18.2 Å². The Labute approximate surface area is 145 Å². The van der Waals surface area contributed by atoms with Gasteiger partial charge in [0.1, 0.15) is 12.4 Å². The van der Waals surface area contributed by atoms with E-state index in [1.165, 1.54) is 12.8 Å². The fourth-order valence-corrected chi connectivity index (χ4v) is 2.28. The summed E-state index contributed by atoms with van der Waals surface area (Å²) >= 11 is 0. The molecule has 1 fully saturated rings. The zero-order valence-corrected chi connectivity index (χ0v) is 15.0. The topological polar surface area (TPSA) is 54.9 Å². The molecule has 0 radical (unpaired) electrons. The molecule has 1 saturated carbocycles. The van der Waals surface area contributed by atoms with E-state index in [1.54, 1.807) is 0 Å². The zero-order valence-electron chi connectivity index (χ0n) is 15.0. The van der Waals surface area contributed by atoms with Gasteiger partial charge in [0.2, 0.25) is 0 Å². The van der Waals surface area contributed by atoms with Crippen LogP contribution < -0.4 is 15.4 Å². The minimum absolute atomic E-state index is 0.611. The Morgan fingerprint density at radius 3 is 2.79 bits per heavy atom. The molecule has 2 rings (SSSR count). The SMILES string of the molecule is CCNC(=NCCCOCC1CC1)NCCOc1ccccc1C. The molecule has 1 aromatic carbocycles. The molecular weight excluding hydrogens is 302 g/mol. The van der Waals surface area contributed by atoms with Crippen molar-refractivity contribution < 1.29 is 9.47 Å². The number of aliphatic imine (C=N–C) groups is 1. The average molecular weight is 333 g/mol. The van der Waals surface area contributed by atoms with Crippen LogP contribution in [0.15, 0.2) is 29.3 Å². The van der Waals surface area contributed by atoms with Crippen LogP contribution in [-0.4, -0.2) is 45.4 Å². The fraction of sp³-hybridized carbons (Fsp3) is 0.632. The molecule has 2 N–H and O–H groups in total. The molecule has 1 aliphatic carbocycles. The summed E-state index contributed by atoms with van der Waals surface area (Å²) in [4.78, 5) is 4.57. The van der Waals surface area contributed by atoms with E-state index in [2.05, 4.69) is 35.5 Å². The standard InChI is InChI=1S/C19H31N3O2/c1-3-20-19(21-11-6-13-23-15-17-9-10-17)22-12-14-24-18-8-5-4-7-16(18)2/h4-5,7-8,17H,3,6,9-15H2,1-2H3,(H2,20,21,22). The van der Waals surface area contributed by atoms with Crippen LogP contribution >= 0.6 is 0 Å². The summed E-state index contributed by atoms with van der Waals surface area (Å²) in [6, 6.07) is 8.06. The van der Waals surface area contributed by atoms with Gasteiger partial charge in [-0.25, -0.2) is 0 Å². The molecule has 0 unspecified atom stereocenters. The van der Waals surface area contributed by atoms with Crippen LogP contribution in [0.1, 0.15) is 31.7 Å². The fourth-order valence-electron chi connectivity index (χ4n) is 2.28. The second kappa shape index (κ2) is 10.9. The Hall–Kier alpha value is -1.75. The lowest BCUT2D eigenvalue weighted by Gasteiger charge is -2.13. The molecule has 0 atom stereocenters. The first-order chi connectivity index (χ1) is 11.8. The second-order valence-corrected chi connectivity index (χ2v) is 6.17. The Balaban J connectivity index is 1.58. The summed E-state index contributed by atoms with van der Waals surface area (Å²) in [6.07, 6.45) is 3.65. The number of rotatable bonds is 11. The highest BCUT2D eigenvalue weighted by molar-refractivity contribution is 5.79. The molecule has 0 heterocycles. The van der Waals surface area contributed by atoms with Crippen molar-refractivity contribution in [2.75, 3.05) is 39.5 Å². The van der Waals surface area contributed by atoms with Crippen LogP contribution in [-0.2, 0) is 4.74 Å². The average Bonchev–Trinajstić information content (AvgIpc) is 3.40. The number of aryl methyl sites for hydroxylation is 1. The molecule has 24 heavy (non-hydrogen) atoms. The van der Waals surface area contributed by atoms with Crippen LogP contribution in [0, 0.1) is 12.8 Å². The normalized spacial score (nSPS) is 14.5. The number of nitrogens with one attached hydrogen (secondary N) is 2. The quantitative estimate of drug-likeness (QED) is 0.371. The van der Waals surface area contributed by atoms with Gasteiger partial charge in [-0.1, -0.05) is 18.2 Å². The first-order valence-corrected chi connectivity index (χ1v) is 9.08. The monoisotopic (exact) mass is 333 g/mol. The van der Waals surface area contributed by atoms with E-state index >= 15 is 0 Å². The zero-order chi connectivity index (χ0) is 17.0. The summed E-state index contributed by atoms with van der Waals surface area (Å²) in [7, 11) is 0. The molecule has 0 spiro atoms. The maximum atomic E-state index is 5.79. The van der Waals surface area contributed by atoms with Crippen LogP contribution in [0.3, 0.4) is 0 Å². The molecule has 1 aliphatic rings. The van der Waals surface area contributed by atoms with Crippen LogP contribution in [0.25, 0.3) is 0 Å². The number of hydrogen-bond donors (Lipinski definition) is 2. The third-order valence-corrected chi connectivity index (χ3v) is 3.86. The number of ether oxygens (including phenoxy) is 2. The first-order valence-electron chi connectivity index (χ1n) is 9.08. The van der Waals surface area contributed by atoms with Gasteiger partial charge in [-0.2, -0.15) is 0 Å². The molecule has 5 nitrogen and oxygen atoms in total. The Kier molecular flexibility index (Phi) is 8.46. The van der Waals surface area contributed by atoms with Gasteiger partial charge in [-0.15, -0.1) is 0 Å². The van der Waals surface area contributed by atoms with Crippen molar-refractivity contribution in [3.05, 3.63) is 29.8 Å². The Morgan fingerprint density at radius 1 is 1.21 bits per heavy atom. The highest BCUT2D eigenvalue weighted by atomic mass is 16.5. The van der Waals surface area contributed by atoms with E-state index in [0.29, 0.717) is 6.61 Å². The van der Waals surface area contributed by atoms with Crippen LogP contribution in [0.2, 0.25) is 0 Å². The van der Waals surface area contributed by atoms with Crippen LogP contribution in [0.4, 0.5) is 0 Å². The highest BCUT2D eigenvalue weighted by Crippen LogP contribution is 2.28. The Bertz CT molecular complexity index is 501. The van der Waals surface area contributed by atoms with Crippen molar-refractivity contribution in [3.8, 4) is 5.75 Å². The van der Waals surface area contributed by atoms with Crippen molar-refractivity contribution in [3.63, 3.8) is 0 Å². The van der Waals surface area contributed by atoms with E-state index < -0.39 is 0 Å². The number of benzene rings is 1. The van der Waals surface area contributed by atoms with E-state index in [4.69, 9.17) is 9.47 Å². The molecule has 5 heteroatoms. The summed E-state index contributed by atoms with van der Waals surface area (Å²) in [5, 5.41) is 6.56. The lowest BCUT2D eigenvalue weighted by Crippen LogP contribution is -2.39. The van der Waals surface area contributed by atoms with E-state index in [-0.39, 0.29) is 0 Å². The van der Waals surface area contributed by atoms with Crippen molar-refractivity contribution in [1.29, 1.82) is 0 Å². The Morgan fingerprint density at radius 2 is 2.04 bits per heavy atom. The molecule has 0 saturated heterocycles. The number of hydrogen-bond acceptors (Lipinski definition) is 3. The molecule has 0 amide bonds. The van der Waals surface area contributed by atoms with Crippen molar-refractivity contribution in [2.45, 2.75) is 33.1 Å². The molecule has 134 valence electrons. The molecule has 0 bridgehead atoms. The minimum atomic E-state index is 0.611. The maximum Gasteiger partial charge on any atom is 0.191 e. The molecule has 1 aromatic rings. The lowest BCUT2D eigenvalue weighted by atomic mass is 10.2.